The van der Waals surface area contributed by atoms with Crippen molar-refractivity contribution in [3.63, 3.8) is 0 Å². The van der Waals surface area contributed by atoms with Crippen LogP contribution in [0, 0.1) is 6.92 Å². The Morgan fingerprint density at radius 1 is 1.31 bits per heavy atom. The lowest BCUT2D eigenvalue weighted by Gasteiger charge is -2.42. The third-order valence-corrected chi connectivity index (χ3v) is 4.11. The third kappa shape index (κ3) is 1.33. The molecule has 1 aromatic carbocycles. The first-order valence-electron chi connectivity index (χ1n) is 6.06. The summed E-state index contributed by atoms with van der Waals surface area (Å²) in [5.41, 5.74) is 3.77. The second-order valence-corrected chi connectivity index (χ2v) is 5.21. The molecule has 0 atom stereocenters. The first-order valence-corrected chi connectivity index (χ1v) is 6.06. The van der Waals surface area contributed by atoms with Gasteiger partial charge in [0.1, 0.15) is 0 Å². The lowest BCUT2D eigenvalue weighted by Crippen LogP contribution is -2.42. The summed E-state index contributed by atoms with van der Waals surface area (Å²) in [4.78, 5) is 12.0. The van der Waals surface area contributed by atoms with Crippen molar-refractivity contribution in [2.75, 3.05) is 13.1 Å². The maximum absolute atomic E-state index is 12.0. The van der Waals surface area contributed by atoms with Crippen molar-refractivity contribution in [2.45, 2.75) is 31.6 Å². The number of ketones is 1. The molecule has 84 valence electrons. The van der Waals surface area contributed by atoms with Crippen LogP contribution in [0.3, 0.4) is 0 Å². The zero-order valence-electron chi connectivity index (χ0n) is 9.68. The molecule has 0 saturated heterocycles. The van der Waals surface area contributed by atoms with E-state index in [2.05, 4.69) is 24.4 Å². The molecule has 2 aliphatic rings. The predicted molar refractivity (Wildman–Crippen MR) is 63.9 cm³/mol. The molecule has 1 N–H and O–H groups in total. The van der Waals surface area contributed by atoms with Gasteiger partial charge in [-0.05, 0) is 25.3 Å². The standard InChI is InChI=1S/C14H17NO/c1-10-3-4-11-12(7-10)14(5-2-6-14)9-15-8-13(11)16/h3-4,7,15H,2,5-6,8-9H2,1H3. The first kappa shape index (κ1) is 10.0. The number of carbonyl (C=O) groups excluding carboxylic acids is 1. The van der Waals surface area contributed by atoms with E-state index in [0.29, 0.717) is 6.54 Å². The Hall–Kier alpha value is -1.15. The van der Waals surface area contributed by atoms with E-state index in [0.717, 1.165) is 12.1 Å². The number of Topliss-reactive ketones (excluding diaryl/α,β-unsaturated/α-hetero) is 1. The Bertz CT molecular complexity index is 446. The van der Waals surface area contributed by atoms with Crippen molar-refractivity contribution in [1.82, 2.24) is 5.32 Å². The number of aryl methyl sites for hydroxylation is 1. The van der Waals surface area contributed by atoms with E-state index in [1.807, 2.05) is 6.07 Å². The first-order chi connectivity index (χ1) is 7.71. The van der Waals surface area contributed by atoms with Crippen LogP contribution in [-0.2, 0) is 5.41 Å². The minimum Gasteiger partial charge on any atom is -0.309 e. The highest BCUT2D eigenvalue weighted by Crippen LogP contribution is 2.45. The molecule has 1 aliphatic carbocycles. The summed E-state index contributed by atoms with van der Waals surface area (Å²) >= 11 is 0. The SMILES string of the molecule is Cc1ccc2c(c1)C1(CCC1)CNCC2=O. The molecule has 2 heteroatoms. The molecule has 1 saturated carbocycles. The van der Waals surface area contributed by atoms with Crippen molar-refractivity contribution < 1.29 is 4.79 Å². The highest BCUT2D eigenvalue weighted by Gasteiger charge is 2.42. The molecule has 0 aromatic heterocycles. The van der Waals surface area contributed by atoms with Gasteiger partial charge in [0.05, 0.1) is 6.54 Å². The topological polar surface area (TPSA) is 29.1 Å². The molecule has 2 nitrogen and oxygen atoms in total. The Morgan fingerprint density at radius 3 is 2.81 bits per heavy atom. The van der Waals surface area contributed by atoms with E-state index < -0.39 is 0 Å². The second-order valence-electron chi connectivity index (χ2n) is 5.21. The summed E-state index contributed by atoms with van der Waals surface area (Å²) in [6.07, 6.45) is 3.75. The molecule has 1 aromatic rings. The van der Waals surface area contributed by atoms with Gasteiger partial charge in [-0.3, -0.25) is 4.79 Å². The van der Waals surface area contributed by atoms with Crippen LogP contribution in [0.2, 0.25) is 0 Å². The van der Waals surface area contributed by atoms with E-state index in [9.17, 15) is 4.79 Å². The van der Waals surface area contributed by atoms with Gasteiger partial charge >= 0.3 is 0 Å². The normalized spacial score (nSPS) is 22.4. The number of hydrogen-bond acceptors (Lipinski definition) is 2. The monoisotopic (exact) mass is 215 g/mol. The van der Waals surface area contributed by atoms with Gasteiger partial charge in [-0.2, -0.15) is 0 Å². The molecule has 1 spiro atoms. The molecular weight excluding hydrogens is 198 g/mol. The average molecular weight is 215 g/mol. The fraction of sp³-hybridized carbons (Fsp3) is 0.500. The van der Waals surface area contributed by atoms with Gasteiger partial charge < -0.3 is 5.32 Å². The van der Waals surface area contributed by atoms with Gasteiger partial charge in [-0.25, -0.2) is 0 Å². The van der Waals surface area contributed by atoms with Gasteiger partial charge in [0, 0.05) is 17.5 Å². The van der Waals surface area contributed by atoms with Crippen LogP contribution >= 0.6 is 0 Å². The molecule has 1 fully saturated rings. The van der Waals surface area contributed by atoms with E-state index in [1.165, 1.54) is 30.4 Å². The minimum absolute atomic E-state index is 0.249. The Balaban J connectivity index is 2.17. The number of fused-ring (bicyclic) bond motifs is 2. The van der Waals surface area contributed by atoms with Gasteiger partial charge in [-0.15, -0.1) is 0 Å². The van der Waals surface area contributed by atoms with Crippen LogP contribution in [0.15, 0.2) is 18.2 Å². The summed E-state index contributed by atoms with van der Waals surface area (Å²) in [6, 6.07) is 6.29. The van der Waals surface area contributed by atoms with E-state index in [1.54, 1.807) is 0 Å². The molecule has 1 heterocycles. The summed E-state index contributed by atoms with van der Waals surface area (Å²) < 4.78 is 0. The molecule has 1 aliphatic heterocycles. The van der Waals surface area contributed by atoms with Crippen LogP contribution in [0.5, 0.6) is 0 Å². The van der Waals surface area contributed by atoms with E-state index in [4.69, 9.17) is 0 Å². The number of hydrogen-bond donors (Lipinski definition) is 1. The Kier molecular flexibility index (Phi) is 2.15. The zero-order valence-corrected chi connectivity index (χ0v) is 9.68. The maximum Gasteiger partial charge on any atom is 0.176 e. The quantitative estimate of drug-likeness (QED) is 0.719. The molecule has 0 bridgehead atoms. The molecule has 0 amide bonds. The van der Waals surface area contributed by atoms with Crippen molar-refractivity contribution >= 4 is 5.78 Å². The molecule has 3 rings (SSSR count). The number of nitrogens with one attached hydrogen (secondary N) is 1. The van der Waals surface area contributed by atoms with Crippen LogP contribution < -0.4 is 5.32 Å². The Labute approximate surface area is 96.1 Å². The lowest BCUT2D eigenvalue weighted by atomic mass is 9.63. The summed E-state index contributed by atoms with van der Waals surface area (Å²) in [6.45, 7) is 3.57. The maximum atomic E-state index is 12.0. The van der Waals surface area contributed by atoms with Crippen LogP contribution in [-0.4, -0.2) is 18.9 Å². The van der Waals surface area contributed by atoms with E-state index in [-0.39, 0.29) is 11.2 Å². The minimum atomic E-state index is 0.249. The van der Waals surface area contributed by atoms with E-state index >= 15 is 0 Å². The fourth-order valence-electron chi connectivity index (χ4n) is 3.00. The van der Waals surface area contributed by atoms with Gasteiger partial charge in [0.2, 0.25) is 0 Å². The largest absolute Gasteiger partial charge is 0.309 e. The number of rotatable bonds is 0. The van der Waals surface area contributed by atoms with Gasteiger partial charge in [0.25, 0.3) is 0 Å². The van der Waals surface area contributed by atoms with Crippen LogP contribution in [0.4, 0.5) is 0 Å². The smallest absolute Gasteiger partial charge is 0.176 e. The predicted octanol–water partition coefficient (Wildman–Crippen LogP) is 2.20. The van der Waals surface area contributed by atoms with Gasteiger partial charge in [-0.1, -0.05) is 30.2 Å². The van der Waals surface area contributed by atoms with Crippen molar-refractivity contribution in [3.05, 3.63) is 34.9 Å². The molecular formula is C14H17NO. The zero-order chi connectivity index (χ0) is 11.2. The fourth-order valence-corrected chi connectivity index (χ4v) is 3.00. The number of carbonyl (C=O) groups is 1. The Morgan fingerprint density at radius 2 is 2.12 bits per heavy atom. The summed E-state index contributed by atoms with van der Waals surface area (Å²) in [5.74, 6) is 0.249. The van der Waals surface area contributed by atoms with Crippen molar-refractivity contribution in [2.24, 2.45) is 0 Å². The number of benzene rings is 1. The molecule has 0 unspecified atom stereocenters. The molecule has 16 heavy (non-hydrogen) atoms. The van der Waals surface area contributed by atoms with Crippen molar-refractivity contribution in [3.8, 4) is 0 Å². The molecule has 0 radical (unpaired) electrons. The second kappa shape index (κ2) is 3.42. The van der Waals surface area contributed by atoms with Crippen molar-refractivity contribution in [1.29, 1.82) is 0 Å². The lowest BCUT2D eigenvalue weighted by molar-refractivity contribution is 0.0993. The summed E-state index contributed by atoms with van der Waals surface area (Å²) in [5, 5.41) is 3.31. The third-order valence-electron chi connectivity index (χ3n) is 4.11. The highest BCUT2D eigenvalue weighted by atomic mass is 16.1. The highest BCUT2D eigenvalue weighted by molar-refractivity contribution is 5.99. The average Bonchev–Trinajstić information content (AvgIpc) is 2.34. The summed E-state index contributed by atoms with van der Waals surface area (Å²) in [7, 11) is 0. The van der Waals surface area contributed by atoms with Crippen LogP contribution in [0.25, 0.3) is 0 Å². The van der Waals surface area contributed by atoms with Gasteiger partial charge in [0.15, 0.2) is 5.78 Å². The van der Waals surface area contributed by atoms with Crippen LogP contribution in [0.1, 0.15) is 40.7 Å².